The molecule has 2 aliphatic heterocycles. The normalized spacial score (nSPS) is 19.2. The van der Waals surface area contributed by atoms with E-state index >= 15 is 0 Å². The Morgan fingerprint density at radius 1 is 1.21 bits per heavy atom. The fourth-order valence-electron chi connectivity index (χ4n) is 3.95. The van der Waals surface area contributed by atoms with Crippen molar-refractivity contribution in [3.63, 3.8) is 0 Å². The second kappa shape index (κ2) is 7.43. The largest absolute Gasteiger partial charge is 0.325 e. The third kappa shape index (κ3) is 3.44. The number of hydrogen-bond acceptors (Lipinski definition) is 2. The average molecular weight is 402 g/mol. The van der Waals surface area contributed by atoms with Gasteiger partial charge < -0.3 is 9.80 Å². The molecule has 5 nitrogen and oxygen atoms in total. The first-order valence-corrected chi connectivity index (χ1v) is 9.74. The summed E-state index contributed by atoms with van der Waals surface area (Å²) < 4.78 is 13.6. The molecule has 7 heteroatoms. The van der Waals surface area contributed by atoms with Gasteiger partial charge in [0.15, 0.2) is 0 Å². The summed E-state index contributed by atoms with van der Waals surface area (Å²) in [5.41, 5.74) is 2.29. The van der Waals surface area contributed by atoms with Gasteiger partial charge in [0.25, 0.3) is 0 Å². The van der Waals surface area contributed by atoms with Crippen LogP contribution in [0, 0.1) is 5.82 Å². The Labute approximate surface area is 168 Å². The maximum Gasteiger partial charge on any atom is 0.325 e. The molecule has 0 aromatic heterocycles. The smallest absolute Gasteiger partial charge is 0.313 e. The molecule has 0 aliphatic carbocycles. The zero-order chi connectivity index (χ0) is 19.8. The third-order valence-corrected chi connectivity index (χ3v) is 5.62. The number of carbonyl (C=O) groups is 2. The highest BCUT2D eigenvalue weighted by Crippen LogP contribution is 2.32. The van der Waals surface area contributed by atoms with E-state index in [0.717, 1.165) is 29.8 Å². The van der Waals surface area contributed by atoms with Gasteiger partial charge in [-0.05, 0) is 61.7 Å². The van der Waals surface area contributed by atoms with E-state index in [1.54, 1.807) is 39.0 Å². The SMILES string of the molecule is C[C@H]1CCc2cc(F)ccc2N1C(=O)CN1CCN(c2cccc(Cl)c2)C1=O. The number of hydrogen-bond donors (Lipinski definition) is 0. The number of urea groups is 1. The number of fused-ring (bicyclic) bond motifs is 1. The van der Waals surface area contributed by atoms with Gasteiger partial charge in [0.2, 0.25) is 5.91 Å². The van der Waals surface area contributed by atoms with Crippen LogP contribution in [0.25, 0.3) is 0 Å². The van der Waals surface area contributed by atoms with Crippen LogP contribution in [-0.2, 0) is 11.2 Å². The van der Waals surface area contributed by atoms with E-state index in [9.17, 15) is 14.0 Å². The van der Waals surface area contributed by atoms with Gasteiger partial charge in [0, 0.05) is 35.5 Å². The van der Waals surface area contributed by atoms with Crippen LogP contribution in [0.15, 0.2) is 42.5 Å². The summed E-state index contributed by atoms with van der Waals surface area (Å²) in [6.45, 7) is 2.95. The van der Waals surface area contributed by atoms with Crippen molar-refractivity contribution in [1.29, 1.82) is 0 Å². The molecular formula is C21H21ClFN3O2. The van der Waals surface area contributed by atoms with Crippen LogP contribution in [-0.4, -0.2) is 42.5 Å². The fourth-order valence-corrected chi connectivity index (χ4v) is 4.14. The van der Waals surface area contributed by atoms with Gasteiger partial charge in [-0.3, -0.25) is 9.69 Å². The molecule has 4 rings (SSSR count). The molecule has 2 aromatic rings. The fraction of sp³-hybridized carbons (Fsp3) is 0.333. The van der Waals surface area contributed by atoms with Gasteiger partial charge in [-0.1, -0.05) is 17.7 Å². The van der Waals surface area contributed by atoms with Crippen molar-refractivity contribution in [1.82, 2.24) is 4.90 Å². The van der Waals surface area contributed by atoms with Crippen LogP contribution < -0.4 is 9.80 Å². The van der Waals surface area contributed by atoms with Crippen molar-refractivity contribution in [2.75, 3.05) is 29.4 Å². The van der Waals surface area contributed by atoms with Crippen molar-refractivity contribution in [2.45, 2.75) is 25.8 Å². The van der Waals surface area contributed by atoms with Gasteiger partial charge >= 0.3 is 6.03 Å². The summed E-state index contributed by atoms with van der Waals surface area (Å²) in [5.74, 6) is -0.450. The molecule has 0 bridgehead atoms. The minimum atomic E-state index is -0.299. The van der Waals surface area contributed by atoms with Crippen LogP contribution >= 0.6 is 11.6 Å². The Hall–Kier alpha value is -2.60. The predicted molar refractivity (Wildman–Crippen MR) is 107 cm³/mol. The van der Waals surface area contributed by atoms with Gasteiger partial charge in [-0.15, -0.1) is 0 Å². The second-order valence-corrected chi connectivity index (χ2v) is 7.70. The number of aryl methyl sites for hydroxylation is 1. The van der Waals surface area contributed by atoms with E-state index in [2.05, 4.69) is 0 Å². The zero-order valence-corrected chi connectivity index (χ0v) is 16.3. The van der Waals surface area contributed by atoms with E-state index in [4.69, 9.17) is 11.6 Å². The molecule has 1 atom stereocenters. The molecule has 3 amide bonds. The maximum absolute atomic E-state index is 13.6. The Balaban J connectivity index is 1.51. The lowest BCUT2D eigenvalue weighted by Gasteiger charge is -2.36. The van der Waals surface area contributed by atoms with Crippen LogP contribution in [0.1, 0.15) is 18.9 Å². The van der Waals surface area contributed by atoms with Crippen molar-refractivity contribution >= 4 is 34.9 Å². The van der Waals surface area contributed by atoms with Gasteiger partial charge in [0.1, 0.15) is 12.4 Å². The topological polar surface area (TPSA) is 43.9 Å². The van der Waals surface area contributed by atoms with E-state index in [1.807, 2.05) is 13.0 Å². The summed E-state index contributed by atoms with van der Waals surface area (Å²) >= 11 is 6.03. The van der Waals surface area contributed by atoms with Crippen LogP contribution in [0.4, 0.5) is 20.6 Å². The Morgan fingerprint density at radius 2 is 2.04 bits per heavy atom. The Bertz CT molecular complexity index is 936. The van der Waals surface area contributed by atoms with E-state index in [-0.39, 0.29) is 30.3 Å². The molecule has 2 heterocycles. The lowest BCUT2D eigenvalue weighted by molar-refractivity contribution is -0.119. The van der Waals surface area contributed by atoms with Gasteiger partial charge in [-0.2, -0.15) is 0 Å². The van der Waals surface area contributed by atoms with Crippen molar-refractivity contribution in [2.24, 2.45) is 0 Å². The molecule has 146 valence electrons. The number of halogens is 2. The summed E-state index contributed by atoms with van der Waals surface area (Å²) in [6.07, 6.45) is 1.51. The molecule has 2 aliphatic rings. The lowest BCUT2D eigenvalue weighted by atomic mass is 9.96. The Morgan fingerprint density at radius 3 is 2.82 bits per heavy atom. The molecule has 0 radical (unpaired) electrons. The molecule has 2 aromatic carbocycles. The van der Waals surface area contributed by atoms with Crippen LogP contribution in [0.3, 0.4) is 0 Å². The molecule has 1 saturated heterocycles. The quantitative estimate of drug-likeness (QED) is 0.777. The molecule has 0 saturated carbocycles. The summed E-state index contributed by atoms with van der Waals surface area (Å²) in [5, 5.41) is 0.561. The number of amides is 3. The van der Waals surface area contributed by atoms with Crippen LogP contribution in [0.2, 0.25) is 5.02 Å². The van der Waals surface area contributed by atoms with Crippen LogP contribution in [0.5, 0.6) is 0 Å². The van der Waals surface area contributed by atoms with E-state index < -0.39 is 0 Å². The highest BCUT2D eigenvalue weighted by Gasteiger charge is 2.34. The standard InChI is InChI=1S/C21H21ClFN3O2/c1-14-5-6-15-11-17(23)7-8-19(15)26(14)20(27)13-24-9-10-25(21(24)28)18-4-2-3-16(22)12-18/h2-4,7-8,11-12,14H,5-6,9-10,13H2,1H3/t14-/m0/s1. The average Bonchev–Trinajstić information content (AvgIpc) is 3.02. The molecule has 0 unspecified atom stereocenters. The Kier molecular flexibility index (Phi) is 4.98. The number of benzene rings is 2. The molecular weight excluding hydrogens is 381 g/mol. The molecule has 0 N–H and O–H groups in total. The van der Waals surface area contributed by atoms with Gasteiger partial charge in [-0.25, -0.2) is 9.18 Å². The monoisotopic (exact) mass is 401 g/mol. The molecule has 0 spiro atoms. The van der Waals surface area contributed by atoms with E-state index in [0.29, 0.717) is 18.1 Å². The molecule has 28 heavy (non-hydrogen) atoms. The first kappa shape index (κ1) is 18.7. The minimum absolute atomic E-state index is 0.00292. The number of anilines is 2. The zero-order valence-electron chi connectivity index (χ0n) is 15.6. The number of carbonyl (C=O) groups excluding carboxylic acids is 2. The maximum atomic E-state index is 13.6. The minimum Gasteiger partial charge on any atom is -0.313 e. The highest BCUT2D eigenvalue weighted by molar-refractivity contribution is 6.30. The molecule has 1 fully saturated rings. The predicted octanol–water partition coefficient (Wildman–Crippen LogP) is 4.09. The van der Waals surface area contributed by atoms with Crippen molar-refractivity contribution < 1.29 is 14.0 Å². The summed E-state index contributed by atoms with van der Waals surface area (Å²) in [4.78, 5) is 30.7. The van der Waals surface area contributed by atoms with Crippen molar-refractivity contribution in [3.05, 3.63) is 58.9 Å². The van der Waals surface area contributed by atoms with Gasteiger partial charge in [0.05, 0.1) is 0 Å². The number of rotatable bonds is 3. The summed E-state index contributed by atoms with van der Waals surface area (Å²) in [6, 6.07) is 11.4. The third-order valence-electron chi connectivity index (χ3n) is 5.38. The van der Waals surface area contributed by atoms with Crippen molar-refractivity contribution in [3.8, 4) is 0 Å². The first-order valence-electron chi connectivity index (χ1n) is 9.36. The number of nitrogens with zero attached hydrogens (tertiary/aromatic N) is 3. The summed E-state index contributed by atoms with van der Waals surface area (Å²) in [7, 11) is 0. The van der Waals surface area contributed by atoms with E-state index in [1.165, 1.54) is 12.1 Å². The lowest BCUT2D eigenvalue weighted by Crippen LogP contribution is -2.48. The highest BCUT2D eigenvalue weighted by atomic mass is 35.5. The first-order chi connectivity index (χ1) is 13.4. The second-order valence-electron chi connectivity index (χ2n) is 7.26.